The van der Waals surface area contributed by atoms with Crippen molar-refractivity contribution in [1.29, 1.82) is 0 Å². The first kappa shape index (κ1) is 26.3. The van der Waals surface area contributed by atoms with E-state index < -0.39 is 0 Å². The number of pyridine rings is 2. The van der Waals surface area contributed by atoms with Gasteiger partial charge < -0.3 is 20.3 Å². The first-order chi connectivity index (χ1) is 17.6. The normalized spacial score (nSPS) is 14.1. The number of anilines is 2. The smallest absolute Gasteiger partial charge is 0.251 e. The molecule has 1 aromatic carbocycles. The first-order valence-corrected chi connectivity index (χ1v) is 12.1. The molecule has 4 heterocycles. The van der Waals surface area contributed by atoms with Crippen molar-refractivity contribution in [2.45, 2.75) is 12.8 Å². The number of hydrogen-bond donors (Lipinski definition) is 2. The second-order valence-electron chi connectivity index (χ2n) is 8.78. The summed E-state index contributed by atoms with van der Waals surface area (Å²) in [5, 5.41) is 6.99. The standard InChI is InChI=1S/C27H29N7O2.H2S/c1-18(21-4-3-5-22-23(27(35)28-2)6-7-30-26(21)22)14-31-25-13-24(32-17-33-25)19-12-20(16-29-15-19)34-8-10-36-11-9-34;/h3-7,12-13,15-18H,8-11,14H2,1-2H3,(H,28,35)(H,31,32,33);1H2/t18-;/m1./s1. The molecule has 192 valence electrons. The minimum Gasteiger partial charge on any atom is -0.378 e. The number of aromatic nitrogens is 4. The lowest BCUT2D eigenvalue weighted by Gasteiger charge is -2.28. The van der Waals surface area contributed by atoms with Gasteiger partial charge in [-0.3, -0.25) is 14.8 Å². The third-order valence-electron chi connectivity index (χ3n) is 6.46. The van der Waals surface area contributed by atoms with Crippen LogP contribution in [0.5, 0.6) is 0 Å². The lowest BCUT2D eigenvalue weighted by Crippen LogP contribution is -2.36. The molecule has 0 aliphatic carbocycles. The minimum absolute atomic E-state index is 0. The van der Waals surface area contributed by atoms with E-state index in [0.717, 1.165) is 65.5 Å². The van der Waals surface area contributed by atoms with Crippen molar-refractivity contribution in [3.8, 4) is 11.3 Å². The zero-order valence-corrected chi connectivity index (χ0v) is 21.9. The summed E-state index contributed by atoms with van der Waals surface area (Å²) in [5.41, 5.74) is 5.35. The molecule has 9 nitrogen and oxygen atoms in total. The maximum absolute atomic E-state index is 12.3. The Morgan fingerprint density at radius 1 is 1.11 bits per heavy atom. The van der Waals surface area contributed by atoms with Crippen molar-refractivity contribution < 1.29 is 9.53 Å². The molecule has 2 N–H and O–H groups in total. The van der Waals surface area contributed by atoms with Crippen LogP contribution < -0.4 is 15.5 Å². The SMILES string of the molecule is CNC(=O)c1ccnc2c([C@H](C)CNc3cc(-c4cncc(N5CCOCC5)c4)ncn3)cccc12.S. The van der Waals surface area contributed by atoms with E-state index in [1.54, 1.807) is 25.6 Å². The molecule has 0 unspecified atom stereocenters. The summed E-state index contributed by atoms with van der Waals surface area (Å²) in [6.45, 7) is 5.94. The van der Waals surface area contributed by atoms with Gasteiger partial charge in [-0.05, 0) is 17.7 Å². The van der Waals surface area contributed by atoms with Gasteiger partial charge in [-0.1, -0.05) is 25.1 Å². The fraction of sp³-hybridized carbons (Fsp3) is 0.296. The van der Waals surface area contributed by atoms with Gasteiger partial charge >= 0.3 is 0 Å². The molecule has 37 heavy (non-hydrogen) atoms. The molecule has 10 heteroatoms. The summed E-state index contributed by atoms with van der Waals surface area (Å²) >= 11 is 0. The van der Waals surface area contributed by atoms with Crippen LogP contribution in [-0.4, -0.2) is 65.7 Å². The Labute approximate surface area is 223 Å². The van der Waals surface area contributed by atoms with Crippen LogP contribution in [0, 0.1) is 0 Å². The summed E-state index contributed by atoms with van der Waals surface area (Å²) in [4.78, 5) is 32.5. The number of amides is 1. The molecule has 0 bridgehead atoms. The Kier molecular flexibility index (Phi) is 8.52. The number of ether oxygens (including phenoxy) is 1. The lowest BCUT2D eigenvalue weighted by atomic mass is 9.96. The van der Waals surface area contributed by atoms with Crippen LogP contribution in [0.2, 0.25) is 0 Å². The average Bonchev–Trinajstić information content (AvgIpc) is 2.95. The van der Waals surface area contributed by atoms with Crippen LogP contribution in [0.25, 0.3) is 22.2 Å². The highest BCUT2D eigenvalue weighted by molar-refractivity contribution is 7.59. The number of fused-ring (bicyclic) bond motifs is 1. The van der Waals surface area contributed by atoms with Crippen LogP contribution >= 0.6 is 13.5 Å². The van der Waals surface area contributed by atoms with Crippen LogP contribution in [0.1, 0.15) is 28.8 Å². The van der Waals surface area contributed by atoms with Gasteiger partial charge in [-0.15, -0.1) is 0 Å². The largest absolute Gasteiger partial charge is 0.378 e. The third-order valence-corrected chi connectivity index (χ3v) is 6.46. The number of rotatable bonds is 7. The van der Waals surface area contributed by atoms with Crippen molar-refractivity contribution in [3.63, 3.8) is 0 Å². The fourth-order valence-electron chi connectivity index (χ4n) is 4.47. The predicted molar refractivity (Wildman–Crippen MR) is 151 cm³/mol. The molecule has 3 aromatic heterocycles. The van der Waals surface area contributed by atoms with Crippen LogP contribution in [0.3, 0.4) is 0 Å². The fourth-order valence-corrected chi connectivity index (χ4v) is 4.47. The van der Waals surface area contributed by atoms with Gasteiger partial charge in [-0.25, -0.2) is 9.97 Å². The van der Waals surface area contributed by atoms with E-state index in [0.29, 0.717) is 12.1 Å². The van der Waals surface area contributed by atoms with Gasteiger partial charge in [0.15, 0.2) is 0 Å². The highest BCUT2D eigenvalue weighted by Gasteiger charge is 2.16. The molecule has 0 saturated carbocycles. The second-order valence-corrected chi connectivity index (χ2v) is 8.78. The molecular formula is C27H31N7O2S. The molecule has 1 fully saturated rings. The summed E-state index contributed by atoms with van der Waals surface area (Å²) < 4.78 is 5.46. The summed E-state index contributed by atoms with van der Waals surface area (Å²) in [7, 11) is 1.63. The molecule has 1 aliphatic rings. The quantitative estimate of drug-likeness (QED) is 0.383. The first-order valence-electron chi connectivity index (χ1n) is 12.1. The van der Waals surface area contributed by atoms with E-state index in [1.165, 1.54) is 0 Å². The van der Waals surface area contributed by atoms with Gasteiger partial charge in [0.2, 0.25) is 0 Å². The number of morpholine rings is 1. The lowest BCUT2D eigenvalue weighted by molar-refractivity contribution is 0.0964. The van der Waals surface area contributed by atoms with Gasteiger partial charge in [0, 0.05) is 62.0 Å². The Morgan fingerprint density at radius 2 is 1.95 bits per heavy atom. The molecule has 1 saturated heterocycles. The van der Waals surface area contributed by atoms with Crippen molar-refractivity contribution in [1.82, 2.24) is 25.3 Å². The Bertz CT molecular complexity index is 1380. The third kappa shape index (κ3) is 5.81. The van der Waals surface area contributed by atoms with Gasteiger partial charge in [0.1, 0.15) is 12.1 Å². The number of nitrogens with one attached hydrogen (secondary N) is 2. The summed E-state index contributed by atoms with van der Waals surface area (Å²) in [6.07, 6.45) is 6.96. The van der Waals surface area contributed by atoms with E-state index in [9.17, 15) is 4.79 Å². The maximum atomic E-state index is 12.3. The Balaban J connectivity index is 0.00000320. The van der Waals surface area contributed by atoms with Crippen molar-refractivity contribution in [3.05, 3.63) is 72.4 Å². The number of nitrogens with zero attached hydrogens (tertiary/aromatic N) is 5. The molecule has 0 spiro atoms. The molecule has 4 aromatic rings. The van der Waals surface area contributed by atoms with Crippen molar-refractivity contribution in [2.24, 2.45) is 0 Å². The second kappa shape index (κ2) is 12.0. The molecule has 5 rings (SSSR count). The highest BCUT2D eigenvalue weighted by atomic mass is 32.1. The van der Waals surface area contributed by atoms with Gasteiger partial charge in [0.25, 0.3) is 5.91 Å². The van der Waals surface area contributed by atoms with Crippen LogP contribution in [-0.2, 0) is 4.74 Å². The number of benzene rings is 1. The molecule has 1 amide bonds. The van der Waals surface area contributed by atoms with E-state index in [2.05, 4.69) is 54.5 Å². The summed E-state index contributed by atoms with van der Waals surface area (Å²) in [6, 6.07) is 11.8. The molecule has 0 radical (unpaired) electrons. The van der Waals surface area contributed by atoms with Crippen LogP contribution in [0.4, 0.5) is 11.5 Å². The number of hydrogen-bond acceptors (Lipinski definition) is 8. The maximum Gasteiger partial charge on any atom is 0.251 e. The molecule has 1 aliphatic heterocycles. The Morgan fingerprint density at radius 3 is 2.76 bits per heavy atom. The number of carbonyl (C=O) groups is 1. The zero-order chi connectivity index (χ0) is 24.9. The van der Waals surface area contributed by atoms with E-state index in [-0.39, 0.29) is 25.3 Å². The summed E-state index contributed by atoms with van der Waals surface area (Å²) in [5.74, 6) is 0.750. The Hall–Kier alpha value is -3.76. The average molecular weight is 518 g/mol. The monoisotopic (exact) mass is 517 g/mol. The minimum atomic E-state index is -0.119. The van der Waals surface area contributed by atoms with Crippen LogP contribution in [0.15, 0.2) is 61.3 Å². The highest BCUT2D eigenvalue weighted by Crippen LogP contribution is 2.27. The number of carbonyl (C=O) groups excluding carboxylic acids is 1. The topological polar surface area (TPSA) is 105 Å². The zero-order valence-electron chi connectivity index (χ0n) is 20.9. The van der Waals surface area contributed by atoms with E-state index in [1.807, 2.05) is 30.6 Å². The molecule has 1 atom stereocenters. The van der Waals surface area contributed by atoms with Crippen molar-refractivity contribution in [2.75, 3.05) is 50.1 Å². The predicted octanol–water partition coefficient (Wildman–Crippen LogP) is 3.61. The van der Waals surface area contributed by atoms with E-state index >= 15 is 0 Å². The van der Waals surface area contributed by atoms with Crippen molar-refractivity contribution >= 4 is 41.8 Å². The number of para-hydroxylation sites is 1. The van der Waals surface area contributed by atoms with Gasteiger partial charge in [0.05, 0.1) is 41.9 Å². The molecular weight excluding hydrogens is 486 g/mol. The van der Waals surface area contributed by atoms with E-state index in [4.69, 9.17) is 4.74 Å². The van der Waals surface area contributed by atoms with Gasteiger partial charge in [-0.2, -0.15) is 13.5 Å².